The van der Waals surface area contributed by atoms with Crippen molar-refractivity contribution in [1.82, 2.24) is 5.32 Å². The van der Waals surface area contributed by atoms with Gasteiger partial charge in [-0.3, -0.25) is 5.32 Å². The summed E-state index contributed by atoms with van der Waals surface area (Å²) < 4.78 is 0. The molecular weight excluding hydrogens is 276 g/mol. The maximum absolute atomic E-state index is 11.0. The SMILES string of the molecule is CCC(C)N=C(NC(N)=O)Nc1c(C)cccc1C.Cl. The molecule has 0 spiro atoms. The van der Waals surface area contributed by atoms with Crippen LogP contribution in [-0.4, -0.2) is 18.0 Å². The van der Waals surface area contributed by atoms with Crippen molar-refractivity contribution >= 4 is 30.1 Å². The number of carbonyl (C=O) groups excluding carboxylic acids is 1. The molecule has 0 radical (unpaired) electrons. The molecule has 0 heterocycles. The number of hydrogen-bond donors (Lipinski definition) is 3. The number of aryl methyl sites for hydroxylation is 2. The Hall–Kier alpha value is -1.75. The van der Waals surface area contributed by atoms with E-state index in [9.17, 15) is 4.79 Å². The first-order chi connectivity index (χ1) is 8.93. The van der Waals surface area contributed by atoms with E-state index < -0.39 is 6.03 Å². The van der Waals surface area contributed by atoms with Crippen molar-refractivity contribution < 1.29 is 4.79 Å². The molecule has 20 heavy (non-hydrogen) atoms. The summed E-state index contributed by atoms with van der Waals surface area (Å²) in [5.74, 6) is 0.388. The van der Waals surface area contributed by atoms with Crippen LogP contribution < -0.4 is 16.4 Å². The topological polar surface area (TPSA) is 79.5 Å². The van der Waals surface area contributed by atoms with Crippen LogP contribution in [0.5, 0.6) is 0 Å². The molecule has 1 atom stereocenters. The lowest BCUT2D eigenvalue weighted by Gasteiger charge is -2.16. The Morgan fingerprint density at radius 3 is 2.35 bits per heavy atom. The number of para-hydroxylation sites is 1. The summed E-state index contributed by atoms with van der Waals surface area (Å²) in [4.78, 5) is 15.4. The van der Waals surface area contributed by atoms with Gasteiger partial charge in [-0.1, -0.05) is 25.1 Å². The molecule has 0 aromatic heterocycles. The number of anilines is 1. The summed E-state index contributed by atoms with van der Waals surface area (Å²) in [5.41, 5.74) is 8.28. The summed E-state index contributed by atoms with van der Waals surface area (Å²) in [6.45, 7) is 8.02. The monoisotopic (exact) mass is 298 g/mol. The number of amides is 2. The molecule has 1 unspecified atom stereocenters. The highest BCUT2D eigenvalue weighted by Crippen LogP contribution is 2.19. The van der Waals surface area contributed by atoms with Crippen LogP contribution in [0.15, 0.2) is 23.2 Å². The van der Waals surface area contributed by atoms with E-state index in [2.05, 4.69) is 15.6 Å². The molecule has 0 fully saturated rings. The molecule has 1 aromatic rings. The highest BCUT2D eigenvalue weighted by molar-refractivity contribution is 6.04. The van der Waals surface area contributed by atoms with Gasteiger partial charge in [0, 0.05) is 5.69 Å². The van der Waals surface area contributed by atoms with Crippen molar-refractivity contribution in [2.45, 2.75) is 40.2 Å². The molecule has 6 heteroatoms. The molecule has 0 saturated carbocycles. The maximum atomic E-state index is 11.0. The Labute approximate surface area is 126 Å². The second-order valence-electron chi connectivity index (χ2n) is 4.62. The number of nitrogens with one attached hydrogen (secondary N) is 2. The zero-order chi connectivity index (χ0) is 14.4. The lowest BCUT2D eigenvalue weighted by molar-refractivity contribution is 0.253. The number of nitrogens with two attached hydrogens (primary N) is 1. The number of halogens is 1. The largest absolute Gasteiger partial charge is 0.351 e. The lowest BCUT2D eigenvalue weighted by atomic mass is 10.1. The van der Waals surface area contributed by atoms with E-state index in [1.54, 1.807) is 0 Å². The first-order valence-corrected chi connectivity index (χ1v) is 6.41. The fourth-order valence-electron chi connectivity index (χ4n) is 1.65. The Morgan fingerprint density at radius 1 is 1.35 bits per heavy atom. The van der Waals surface area contributed by atoms with Crippen LogP contribution in [0.4, 0.5) is 10.5 Å². The fourth-order valence-corrected chi connectivity index (χ4v) is 1.65. The summed E-state index contributed by atoms with van der Waals surface area (Å²) in [6, 6.07) is 5.48. The van der Waals surface area contributed by atoms with Gasteiger partial charge in [-0.05, 0) is 38.3 Å². The van der Waals surface area contributed by atoms with Gasteiger partial charge in [0.1, 0.15) is 0 Å². The minimum Gasteiger partial charge on any atom is -0.351 e. The number of carbonyl (C=O) groups is 1. The molecule has 2 amide bonds. The molecule has 112 valence electrons. The van der Waals surface area contributed by atoms with Crippen LogP contribution in [0.2, 0.25) is 0 Å². The zero-order valence-electron chi connectivity index (χ0n) is 12.4. The number of rotatable bonds is 3. The predicted molar refractivity (Wildman–Crippen MR) is 86.7 cm³/mol. The normalized spacial score (nSPS) is 12.3. The molecule has 4 N–H and O–H groups in total. The Kier molecular flexibility index (Phi) is 7.69. The number of nitrogens with zero attached hydrogens (tertiary/aromatic N) is 1. The summed E-state index contributed by atoms with van der Waals surface area (Å²) in [7, 11) is 0. The minimum atomic E-state index is -0.624. The van der Waals surface area contributed by atoms with E-state index >= 15 is 0 Å². The number of primary amides is 1. The van der Waals surface area contributed by atoms with Crippen molar-refractivity contribution in [3.8, 4) is 0 Å². The summed E-state index contributed by atoms with van der Waals surface area (Å²) in [6.07, 6.45) is 0.887. The van der Waals surface area contributed by atoms with Gasteiger partial charge >= 0.3 is 6.03 Å². The van der Waals surface area contributed by atoms with Crippen molar-refractivity contribution in [3.05, 3.63) is 29.3 Å². The highest BCUT2D eigenvalue weighted by atomic mass is 35.5. The third-order valence-corrected chi connectivity index (χ3v) is 2.91. The molecule has 1 aromatic carbocycles. The van der Waals surface area contributed by atoms with Crippen molar-refractivity contribution in [3.63, 3.8) is 0 Å². The van der Waals surface area contributed by atoms with E-state index in [0.717, 1.165) is 23.2 Å². The number of benzene rings is 1. The molecule has 5 nitrogen and oxygen atoms in total. The van der Waals surface area contributed by atoms with E-state index in [-0.39, 0.29) is 18.4 Å². The molecule has 0 aliphatic rings. The lowest BCUT2D eigenvalue weighted by Crippen LogP contribution is -2.40. The van der Waals surface area contributed by atoms with Crippen LogP contribution >= 0.6 is 12.4 Å². The van der Waals surface area contributed by atoms with Gasteiger partial charge in [-0.25, -0.2) is 9.79 Å². The quantitative estimate of drug-likeness (QED) is 0.592. The van der Waals surface area contributed by atoms with Gasteiger partial charge in [-0.2, -0.15) is 0 Å². The molecule has 1 rings (SSSR count). The van der Waals surface area contributed by atoms with E-state index in [1.165, 1.54) is 0 Å². The highest BCUT2D eigenvalue weighted by Gasteiger charge is 2.08. The standard InChI is InChI=1S/C14H22N4O.ClH/c1-5-11(4)16-14(18-13(15)19)17-12-9(2)7-6-8-10(12)3;/h6-8,11H,5H2,1-4H3,(H4,15,16,17,18,19);1H. The number of hydrogen-bond acceptors (Lipinski definition) is 2. The first-order valence-electron chi connectivity index (χ1n) is 6.41. The predicted octanol–water partition coefficient (Wildman–Crippen LogP) is 2.96. The second kappa shape index (κ2) is 8.43. The van der Waals surface area contributed by atoms with Crippen molar-refractivity contribution in [2.75, 3.05) is 5.32 Å². The Bertz CT molecular complexity index is 468. The average molecular weight is 299 g/mol. The third-order valence-electron chi connectivity index (χ3n) is 2.91. The van der Waals surface area contributed by atoms with Crippen LogP contribution in [0.1, 0.15) is 31.4 Å². The molecule has 0 aliphatic heterocycles. The van der Waals surface area contributed by atoms with Crippen molar-refractivity contribution in [2.24, 2.45) is 10.7 Å². The molecule has 0 bridgehead atoms. The van der Waals surface area contributed by atoms with Crippen LogP contribution in [-0.2, 0) is 0 Å². The Balaban J connectivity index is 0.00000361. The maximum Gasteiger partial charge on any atom is 0.318 e. The van der Waals surface area contributed by atoms with Crippen molar-refractivity contribution in [1.29, 1.82) is 0 Å². The van der Waals surface area contributed by atoms with Crippen LogP contribution in [0.25, 0.3) is 0 Å². The first kappa shape index (κ1) is 18.2. The van der Waals surface area contributed by atoms with E-state index in [4.69, 9.17) is 5.73 Å². The molecule has 0 saturated heterocycles. The summed E-state index contributed by atoms with van der Waals surface area (Å²) in [5, 5.41) is 5.68. The zero-order valence-corrected chi connectivity index (χ0v) is 13.2. The number of guanidine groups is 1. The molecular formula is C14H23ClN4O. The minimum absolute atomic E-state index is 0. The summed E-state index contributed by atoms with van der Waals surface area (Å²) >= 11 is 0. The van der Waals surface area contributed by atoms with Gasteiger partial charge in [0.05, 0.1) is 6.04 Å². The fraction of sp³-hybridized carbons (Fsp3) is 0.429. The van der Waals surface area contributed by atoms with E-state index in [1.807, 2.05) is 45.9 Å². The number of urea groups is 1. The van der Waals surface area contributed by atoms with E-state index in [0.29, 0.717) is 5.96 Å². The average Bonchev–Trinajstić information content (AvgIpc) is 2.33. The number of aliphatic imine (C=N–C) groups is 1. The smallest absolute Gasteiger partial charge is 0.318 e. The van der Waals surface area contributed by atoms with Crippen LogP contribution in [0, 0.1) is 13.8 Å². The van der Waals surface area contributed by atoms with Gasteiger partial charge in [0.15, 0.2) is 0 Å². The van der Waals surface area contributed by atoms with Gasteiger partial charge in [0.2, 0.25) is 5.96 Å². The van der Waals surface area contributed by atoms with Gasteiger partial charge in [0.25, 0.3) is 0 Å². The second-order valence-corrected chi connectivity index (χ2v) is 4.62. The molecule has 0 aliphatic carbocycles. The van der Waals surface area contributed by atoms with Gasteiger partial charge in [-0.15, -0.1) is 12.4 Å². The van der Waals surface area contributed by atoms with Crippen LogP contribution in [0.3, 0.4) is 0 Å². The third kappa shape index (κ3) is 5.48. The Morgan fingerprint density at radius 2 is 1.90 bits per heavy atom. The van der Waals surface area contributed by atoms with Gasteiger partial charge < -0.3 is 11.1 Å².